The zero-order valence-electron chi connectivity index (χ0n) is 16.0. The minimum atomic E-state index is -0.203. The lowest BCUT2D eigenvalue weighted by Gasteiger charge is -2.07. The number of aromatic amines is 1. The van der Waals surface area contributed by atoms with Gasteiger partial charge in [0.2, 0.25) is 5.91 Å². The van der Waals surface area contributed by atoms with Crippen LogP contribution in [0, 0.1) is 0 Å². The van der Waals surface area contributed by atoms with E-state index in [1.54, 1.807) is 24.3 Å². The molecule has 0 aliphatic carbocycles. The molecule has 0 fully saturated rings. The summed E-state index contributed by atoms with van der Waals surface area (Å²) in [4.78, 5) is 32.1. The standard InChI is InChI=1S/C23H19BrN4O2/c24-17-9-5-16(6-10-17)23(30)25-14-13-21(29)26-18-11-7-15(8-12-18)22-27-19-3-1-2-4-20(19)28-22/h1-12H,13-14H2,(H,25,30)(H,26,29)(H,27,28). The van der Waals surface area contributed by atoms with Crippen LogP contribution in [0.5, 0.6) is 0 Å². The molecule has 0 saturated carbocycles. The van der Waals surface area contributed by atoms with Crippen molar-refractivity contribution >= 4 is 44.5 Å². The normalized spacial score (nSPS) is 10.7. The molecule has 1 aromatic heterocycles. The maximum atomic E-state index is 12.2. The van der Waals surface area contributed by atoms with Crippen LogP contribution >= 0.6 is 15.9 Å². The zero-order chi connectivity index (χ0) is 20.9. The number of hydrogen-bond acceptors (Lipinski definition) is 3. The van der Waals surface area contributed by atoms with Gasteiger partial charge in [0.25, 0.3) is 5.91 Å². The second-order valence-corrected chi connectivity index (χ2v) is 7.66. The fourth-order valence-corrected chi connectivity index (χ4v) is 3.28. The highest BCUT2D eigenvalue weighted by atomic mass is 79.9. The van der Waals surface area contributed by atoms with Crippen molar-refractivity contribution < 1.29 is 9.59 Å². The predicted octanol–water partition coefficient (Wildman–Crippen LogP) is 4.75. The van der Waals surface area contributed by atoms with E-state index in [1.165, 1.54) is 0 Å². The van der Waals surface area contributed by atoms with Crippen LogP contribution in [-0.4, -0.2) is 28.3 Å². The number of para-hydroxylation sites is 2. The number of aromatic nitrogens is 2. The number of anilines is 1. The summed E-state index contributed by atoms with van der Waals surface area (Å²) in [6.07, 6.45) is 0.188. The van der Waals surface area contributed by atoms with Crippen molar-refractivity contribution in [3.63, 3.8) is 0 Å². The lowest BCUT2D eigenvalue weighted by molar-refractivity contribution is -0.116. The van der Waals surface area contributed by atoms with Crippen molar-refractivity contribution in [2.24, 2.45) is 0 Å². The van der Waals surface area contributed by atoms with E-state index >= 15 is 0 Å². The third-order valence-corrected chi connectivity index (χ3v) is 5.10. The van der Waals surface area contributed by atoms with Crippen molar-refractivity contribution in [2.75, 3.05) is 11.9 Å². The zero-order valence-corrected chi connectivity index (χ0v) is 17.6. The Labute approximate surface area is 181 Å². The molecule has 0 aliphatic heterocycles. The Morgan fingerprint density at radius 3 is 2.40 bits per heavy atom. The number of H-pyrrole nitrogens is 1. The van der Waals surface area contributed by atoms with Crippen molar-refractivity contribution in [2.45, 2.75) is 6.42 Å². The van der Waals surface area contributed by atoms with Gasteiger partial charge in [-0.1, -0.05) is 28.1 Å². The van der Waals surface area contributed by atoms with Crippen LogP contribution in [-0.2, 0) is 4.79 Å². The van der Waals surface area contributed by atoms with E-state index in [4.69, 9.17) is 0 Å². The number of hydrogen-bond donors (Lipinski definition) is 3. The summed E-state index contributed by atoms with van der Waals surface area (Å²) < 4.78 is 0.907. The number of halogens is 1. The topological polar surface area (TPSA) is 86.9 Å². The highest BCUT2D eigenvalue weighted by molar-refractivity contribution is 9.10. The van der Waals surface area contributed by atoms with E-state index in [1.807, 2.05) is 48.5 Å². The number of imidazole rings is 1. The van der Waals surface area contributed by atoms with Gasteiger partial charge in [0.1, 0.15) is 5.82 Å². The van der Waals surface area contributed by atoms with Gasteiger partial charge in [0.15, 0.2) is 0 Å². The molecule has 0 spiro atoms. The summed E-state index contributed by atoms with van der Waals surface area (Å²) in [5.41, 5.74) is 4.08. The van der Waals surface area contributed by atoms with E-state index in [0.29, 0.717) is 11.3 Å². The van der Waals surface area contributed by atoms with Crippen molar-refractivity contribution in [1.29, 1.82) is 0 Å². The Morgan fingerprint density at radius 2 is 1.67 bits per heavy atom. The van der Waals surface area contributed by atoms with Crippen LogP contribution < -0.4 is 10.6 Å². The fourth-order valence-electron chi connectivity index (χ4n) is 3.02. The Balaban J connectivity index is 1.29. The molecule has 0 radical (unpaired) electrons. The quantitative estimate of drug-likeness (QED) is 0.386. The van der Waals surface area contributed by atoms with Crippen LogP contribution in [0.25, 0.3) is 22.4 Å². The van der Waals surface area contributed by atoms with Gasteiger partial charge in [-0.15, -0.1) is 0 Å². The first kappa shape index (κ1) is 19.8. The summed E-state index contributed by atoms with van der Waals surface area (Å²) in [5.74, 6) is 0.415. The van der Waals surface area contributed by atoms with Crippen molar-refractivity contribution in [3.05, 3.63) is 82.8 Å². The first-order valence-corrected chi connectivity index (χ1v) is 10.3. The minimum Gasteiger partial charge on any atom is -0.352 e. The predicted molar refractivity (Wildman–Crippen MR) is 121 cm³/mol. The van der Waals surface area contributed by atoms with E-state index in [9.17, 15) is 9.59 Å². The Bertz CT molecular complexity index is 1150. The summed E-state index contributed by atoms with van der Waals surface area (Å²) in [7, 11) is 0. The third-order valence-electron chi connectivity index (χ3n) is 4.58. The molecule has 3 N–H and O–H groups in total. The number of carbonyl (C=O) groups is 2. The van der Waals surface area contributed by atoms with Crippen molar-refractivity contribution in [3.8, 4) is 11.4 Å². The number of benzene rings is 3. The summed E-state index contributed by atoms with van der Waals surface area (Å²) in [6.45, 7) is 0.262. The smallest absolute Gasteiger partial charge is 0.251 e. The van der Waals surface area contributed by atoms with Crippen LogP contribution in [0.2, 0.25) is 0 Å². The maximum Gasteiger partial charge on any atom is 0.251 e. The Kier molecular flexibility index (Phi) is 5.90. The summed E-state index contributed by atoms with van der Waals surface area (Å²) >= 11 is 3.33. The number of fused-ring (bicyclic) bond motifs is 1. The van der Waals surface area contributed by atoms with E-state index in [-0.39, 0.29) is 24.8 Å². The van der Waals surface area contributed by atoms with Gasteiger partial charge < -0.3 is 15.6 Å². The molecule has 0 bridgehead atoms. The molecule has 7 heteroatoms. The van der Waals surface area contributed by atoms with Gasteiger partial charge in [-0.3, -0.25) is 9.59 Å². The monoisotopic (exact) mass is 462 g/mol. The largest absolute Gasteiger partial charge is 0.352 e. The molecule has 150 valence electrons. The first-order valence-electron chi connectivity index (χ1n) is 9.47. The summed E-state index contributed by atoms with van der Waals surface area (Å²) in [5, 5.41) is 5.59. The molecule has 4 aromatic rings. The van der Waals surface area contributed by atoms with Crippen molar-refractivity contribution in [1.82, 2.24) is 15.3 Å². The molecule has 0 aliphatic rings. The van der Waals surface area contributed by atoms with Gasteiger partial charge in [0.05, 0.1) is 11.0 Å². The highest BCUT2D eigenvalue weighted by Gasteiger charge is 2.08. The third kappa shape index (κ3) is 4.75. The lowest BCUT2D eigenvalue weighted by atomic mass is 10.2. The van der Waals surface area contributed by atoms with E-state index in [2.05, 4.69) is 36.5 Å². The van der Waals surface area contributed by atoms with Gasteiger partial charge in [-0.2, -0.15) is 0 Å². The average Bonchev–Trinajstić information content (AvgIpc) is 3.19. The van der Waals surface area contributed by atoms with Crippen LogP contribution in [0.3, 0.4) is 0 Å². The molecule has 6 nitrogen and oxygen atoms in total. The second kappa shape index (κ2) is 8.92. The molecule has 4 rings (SSSR count). The molecule has 2 amide bonds. The van der Waals surface area contributed by atoms with Gasteiger partial charge in [-0.25, -0.2) is 4.98 Å². The number of amides is 2. The van der Waals surface area contributed by atoms with Gasteiger partial charge in [-0.05, 0) is 60.7 Å². The molecular formula is C23H19BrN4O2. The molecular weight excluding hydrogens is 444 g/mol. The first-order chi connectivity index (χ1) is 14.6. The minimum absolute atomic E-state index is 0.164. The Hall–Kier alpha value is -3.45. The molecule has 0 saturated heterocycles. The molecule has 30 heavy (non-hydrogen) atoms. The highest BCUT2D eigenvalue weighted by Crippen LogP contribution is 2.22. The molecule has 0 unspecified atom stereocenters. The summed E-state index contributed by atoms with van der Waals surface area (Å²) in [6, 6.07) is 22.4. The van der Waals surface area contributed by atoms with E-state index in [0.717, 1.165) is 26.9 Å². The van der Waals surface area contributed by atoms with E-state index < -0.39 is 0 Å². The average molecular weight is 463 g/mol. The number of rotatable bonds is 6. The van der Waals surface area contributed by atoms with Crippen LogP contribution in [0.1, 0.15) is 16.8 Å². The number of nitrogens with zero attached hydrogens (tertiary/aromatic N) is 1. The van der Waals surface area contributed by atoms with Crippen LogP contribution in [0.15, 0.2) is 77.3 Å². The molecule has 1 heterocycles. The Morgan fingerprint density at radius 1 is 0.933 bits per heavy atom. The van der Waals surface area contributed by atoms with Gasteiger partial charge >= 0.3 is 0 Å². The molecule has 0 atom stereocenters. The second-order valence-electron chi connectivity index (χ2n) is 6.74. The van der Waals surface area contributed by atoms with Crippen LogP contribution in [0.4, 0.5) is 5.69 Å². The molecule has 3 aromatic carbocycles. The SMILES string of the molecule is O=C(CCNC(=O)c1ccc(Br)cc1)Nc1ccc(-c2nc3ccccc3[nH]2)cc1. The fraction of sp³-hybridized carbons (Fsp3) is 0.0870. The maximum absolute atomic E-state index is 12.2. The number of nitrogens with one attached hydrogen (secondary N) is 3. The van der Waals surface area contributed by atoms with Gasteiger partial charge in [0, 0.05) is 34.3 Å². The lowest BCUT2D eigenvalue weighted by Crippen LogP contribution is -2.27. The number of carbonyl (C=O) groups excluding carboxylic acids is 2.